The number of ether oxygens (including phenoxy) is 1. The Morgan fingerprint density at radius 2 is 1.77 bits per heavy atom. The Labute approximate surface area is 205 Å². The number of fused-ring (bicyclic) bond motifs is 1. The summed E-state index contributed by atoms with van der Waals surface area (Å²) in [6.45, 7) is 8.64. The maximum absolute atomic E-state index is 13.4. The smallest absolute Gasteiger partial charge is 0.326 e. The predicted molar refractivity (Wildman–Crippen MR) is 131 cm³/mol. The Balaban J connectivity index is 1.57. The number of carbonyl (C=O) groups is 2. The first kappa shape index (κ1) is 24.4. The molecule has 4 rings (SSSR count). The van der Waals surface area contributed by atoms with Gasteiger partial charge in [0.25, 0.3) is 11.8 Å². The van der Waals surface area contributed by atoms with Crippen molar-refractivity contribution in [1.29, 1.82) is 0 Å². The number of hydrogen-bond acceptors (Lipinski definition) is 8. The van der Waals surface area contributed by atoms with E-state index in [9.17, 15) is 9.59 Å². The van der Waals surface area contributed by atoms with E-state index in [2.05, 4.69) is 22.3 Å². The third-order valence-corrected chi connectivity index (χ3v) is 5.83. The number of hydrazine groups is 1. The average Bonchev–Trinajstić information content (AvgIpc) is 3.47. The maximum Gasteiger partial charge on any atom is 0.326 e. The molecule has 0 bridgehead atoms. The minimum Gasteiger partial charge on any atom is -0.459 e. The lowest BCUT2D eigenvalue weighted by Crippen LogP contribution is -2.47. The Hall–Kier alpha value is -3.72. The molecular formula is C26H31N5O4. The molecule has 1 aromatic heterocycles. The molecule has 0 unspecified atom stereocenters. The Kier molecular flexibility index (Phi) is 6.88. The summed E-state index contributed by atoms with van der Waals surface area (Å²) < 4.78 is 10.8. The molecule has 184 valence electrons. The van der Waals surface area contributed by atoms with Crippen LogP contribution < -0.4 is 4.90 Å². The fraction of sp³-hybridized carbons (Fsp3) is 0.385. The monoisotopic (exact) mass is 477 g/mol. The molecule has 1 amide bonds. The van der Waals surface area contributed by atoms with Crippen LogP contribution in [0.15, 0.2) is 53.3 Å². The number of carbonyl (C=O) groups excluding carboxylic acids is 2. The van der Waals surface area contributed by atoms with Crippen LogP contribution in [0.1, 0.15) is 37.5 Å². The number of amides is 1. The first-order chi connectivity index (χ1) is 16.6. The van der Waals surface area contributed by atoms with Gasteiger partial charge in [0.1, 0.15) is 12.1 Å². The SMILES string of the molecule is Cc1ccc(-c2ncno2)cc1N(CC(=O)OC(C)(C)C)CC(=O)N(C)N1Cc2ccccc2C1. The zero-order chi connectivity index (χ0) is 25.2. The second kappa shape index (κ2) is 9.87. The molecule has 1 aliphatic heterocycles. The van der Waals surface area contributed by atoms with E-state index in [-0.39, 0.29) is 19.0 Å². The molecule has 3 aromatic rings. The van der Waals surface area contributed by atoms with E-state index in [4.69, 9.17) is 9.26 Å². The summed E-state index contributed by atoms with van der Waals surface area (Å²) in [4.78, 5) is 32.0. The summed E-state index contributed by atoms with van der Waals surface area (Å²) in [5, 5.41) is 7.32. The Bertz CT molecular complexity index is 1180. The van der Waals surface area contributed by atoms with E-state index in [1.165, 1.54) is 17.5 Å². The highest BCUT2D eigenvalue weighted by atomic mass is 16.6. The molecule has 9 nitrogen and oxygen atoms in total. The summed E-state index contributed by atoms with van der Waals surface area (Å²) in [5.74, 6) is -0.185. The third-order valence-electron chi connectivity index (χ3n) is 5.83. The predicted octanol–water partition coefficient (Wildman–Crippen LogP) is 3.58. The number of likely N-dealkylation sites (N-methyl/N-ethyl adjacent to an activating group) is 1. The van der Waals surface area contributed by atoms with Crippen LogP contribution in [-0.4, -0.2) is 57.8 Å². The number of hydrogen-bond donors (Lipinski definition) is 0. The summed E-state index contributed by atoms with van der Waals surface area (Å²) in [7, 11) is 1.77. The summed E-state index contributed by atoms with van der Waals surface area (Å²) in [6.07, 6.45) is 1.33. The molecular weight excluding hydrogens is 446 g/mol. The van der Waals surface area contributed by atoms with Crippen LogP contribution in [-0.2, 0) is 27.4 Å². The van der Waals surface area contributed by atoms with Gasteiger partial charge in [0, 0.05) is 31.4 Å². The summed E-state index contributed by atoms with van der Waals surface area (Å²) in [6, 6.07) is 13.8. The second-order valence-electron chi connectivity index (χ2n) is 9.70. The topological polar surface area (TPSA) is 92.0 Å². The Morgan fingerprint density at radius 3 is 2.37 bits per heavy atom. The van der Waals surface area contributed by atoms with E-state index in [1.807, 2.05) is 63.0 Å². The van der Waals surface area contributed by atoms with Crippen molar-refractivity contribution in [1.82, 2.24) is 20.2 Å². The standard InChI is InChI=1S/C26H31N5O4/c1-18-10-11-19(25-27-17-28-35-25)12-22(18)30(16-24(33)34-26(2,3)4)15-23(32)29(5)31-13-20-8-6-7-9-21(20)14-31/h6-12,17H,13-16H2,1-5H3. The van der Waals surface area contributed by atoms with Gasteiger partial charge in [-0.2, -0.15) is 4.98 Å². The number of rotatable bonds is 7. The quantitative estimate of drug-likeness (QED) is 0.477. The summed E-state index contributed by atoms with van der Waals surface area (Å²) >= 11 is 0. The zero-order valence-corrected chi connectivity index (χ0v) is 20.8. The van der Waals surface area contributed by atoms with Crippen molar-refractivity contribution < 1.29 is 18.8 Å². The number of anilines is 1. The molecule has 0 atom stereocenters. The van der Waals surface area contributed by atoms with E-state index in [1.54, 1.807) is 17.0 Å². The molecule has 2 aromatic carbocycles. The molecule has 0 aliphatic carbocycles. The first-order valence-corrected chi connectivity index (χ1v) is 11.5. The van der Waals surface area contributed by atoms with Crippen molar-refractivity contribution in [2.75, 3.05) is 25.0 Å². The van der Waals surface area contributed by atoms with E-state index in [0.717, 1.165) is 11.3 Å². The van der Waals surface area contributed by atoms with Crippen LogP contribution in [0.5, 0.6) is 0 Å². The molecule has 1 aliphatic rings. The van der Waals surface area contributed by atoms with Gasteiger partial charge in [-0.1, -0.05) is 35.5 Å². The molecule has 2 heterocycles. The average molecular weight is 478 g/mol. The van der Waals surface area contributed by atoms with Crippen molar-refractivity contribution in [3.63, 3.8) is 0 Å². The highest BCUT2D eigenvalue weighted by Crippen LogP contribution is 2.28. The number of esters is 1. The maximum atomic E-state index is 13.4. The van der Waals surface area contributed by atoms with E-state index >= 15 is 0 Å². The number of aromatic nitrogens is 2. The van der Waals surface area contributed by atoms with Gasteiger partial charge < -0.3 is 14.2 Å². The third kappa shape index (κ3) is 5.86. The second-order valence-corrected chi connectivity index (χ2v) is 9.70. The van der Waals surface area contributed by atoms with Crippen LogP contribution in [0.25, 0.3) is 11.5 Å². The minimum absolute atomic E-state index is 0.00326. The van der Waals surface area contributed by atoms with Crippen molar-refractivity contribution >= 4 is 17.6 Å². The van der Waals surface area contributed by atoms with Crippen molar-refractivity contribution in [2.24, 2.45) is 0 Å². The molecule has 0 radical (unpaired) electrons. The number of nitrogens with zero attached hydrogens (tertiary/aromatic N) is 5. The van der Waals surface area contributed by atoms with Gasteiger partial charge in [0.15, 0.2) is 6.33 Å². The van der Waals surface area contributed by atoms with Crippen LogP contribution in [0, 0.1) is 6.92 Å². The Morgan fingerprint density at radius 1 is 1.09 bits per heavy atom. The van der Waals surface area contributed by atoms with Gasteiger partial charge in [-0.05, 0) is 56.5 Å². The molecule has 0 saturated heterocycles. The van der Waals surface area contributed by atoms with Crippen LogP contribution in [0.2, 0.25) is 0 Å². The van der Waals surface area contributed by atoms with Gasteiger partial charge in [-0.3, -0.25) is 14.6 Å². The summed E-state index contributed by atoms with van der Waals surface area (Å²) in [5.41, 5.74) is 4.11. The molecule has 0 N–H and O–H groups in total. The van der Waals surface area contributed by atoms with Crippen LogP contribution in [0.3, 0.4) is 0 Å². The molecule has 0 fully saturated rings. The van der Waals surface area contributed by atoms with Crippen LogP contribution >= 0.6 is 0 Å². The number of aryl methyl sites for hydroxylation is 1. The lowest BCUT2D eigenvalue weighted by atomic mass is 10.1. The molecule has 0 spiro atoms. The highest BCUT2D eigenvalue weighted by Gasteiger charge is 2.28. The molecule has 35 heavy (non-hydrogen) atoms. The normalized spacial score (nSPS) is 13.4. The van der Waals surface area contributed by atoms with Crippen molar-refractivity contribution in [3.05, 3.63) is 65.5 Å². The number of benzene rings is 2. The van der Waals surface area contributed by atoms with Crippen LogP contribution in [0.4, 0.5) is 5.69 Å². The van der Waals surface area contributed by atoms with Crippen molar-refractivity contribution in [2.45, 2.75) is 46.4 Å². The fourth-order valence-electron chi connectivity index (χ4n) is 4.09. The largest absolute Gasteiger partial charge is 0.459 e. The zero-order valence-electron chi connectivity index (χ0n) is 20.8. The minimum atomic E-state index is -0.633. The van der Waals surface area contributed by atoms with Gasteiger partial charge in [0.2, 0.25) is 0 Å². The van der Waals surface area contributed by atoms with E-state index in [0.29, 0.717) is 24.5 Å². The van der Waals surface area contributed by atoms with Crippen molar-refractivity contribution in [3.8, 4) is 11.5 Å². The molecule has 0 saturated carbocycles. The van der Waals surface area contributed by atoms with Gasteiger partial charge in [-0.25, -0.2) is 5.01 Å². The molecule has 9 heteroatoms. The lowest BCUT2D eigenvalue weighted by molar-refractivity contribution is -0.153. The first-order valence-electron chi connectivity index (χ1n) is 11.5. The van der Waals surface area contributed by atoms with E-state index < -0.39 is 11.6 Å². The van der Waals surface area contributed by atoms with Gasteiger partial charge >= 0.3 is 5.97 Å². The lowest BCUT2D eigenvalue weighted by Gasteiger charge is -2.32. The van der Waals surface area contributed by atoms with Gasteiger partial charge in [0.05, 0.1) is 6.54 Å². The highest BCUT2D eigenvalue weighted by molar-refractivity contribution is 5.85. The fourth-order valence-corrected chi connectivity index (χ4v) is 4.09. The van der Waals surface area contributed by atoms with Gasteiger partial charge in [-0.15, -0.1) is 0 Å².